The van der Waals surface area contributed by atoms with E-state index in [0.29, 0.717) is 22.3 Å². The van der Waals surface area contributed by atoms with Crippen molar-refractivity contribution < 1.29 is 41.4 Å². The summed E-state index contributed by atoms with van der Waals surface area (Å²) in [5, 5.41) is 38.4. The van der Waals surface area contributed by atoms with E-state index in [0.717, 1.165) is 5.56 Å². The first kappa shape index (κ1) is 35.1. The normalized spacial score (nSPS) is 16.9. The van der Waals surface area contributed by atoms with Gasteiger partial charge in [-0.05, 0) is 29.2 Å². The molecule has 0 bridgehead atoms. The first-order valence-electron chi connectivity index (χ1n) is 14.0. The van der Waals surface area contributed by atoms with E-state index in [4.69, 9.17) is 33.1 Å². The Hall–Kier alpha value is -4.37. The maximum absolute atomic E-state index is 12.9. The third-order valence-electron chi connectivity index (χ3n) is 7.96. The average Bonchev–Trinajstić information content (AvgIpc) is 3.51. The molecule has 6 nitrogen and oxygen atoms in total. The Balaban J connectivity index is 0.00000106. The van der Waals surface area contributed by atoms with Gasteiger partial charge < -0.3 is 43.4 Å². The molecule has 6 rings (SSSR count). The summed E-state index contributed by atoms with van der Waals surface area (Å²) in [6.45, 7) is 11.3. The molecule has 0 aliphatic carbocycles. The van der Waals surface area contributed by atoms with Gasteiger partial charge in [-0.1, -0.05) is 152 Å². The van der Waals surface area contributed by atoms with E-state index in [1.54, 1.807) is 0 Å². The maximum Gasteiger partial charge on any atom is 2.00 e. The third kappa shape index (κ3) is 6.69. The summed E-state index contributed by atoms with van der Waals surface area (Å²) >= 11 is 0. The summed E-state index contributed by atoms with van der Waals surface area (Å²) in [5.41, 5.74) is 0.00549. The minimum Gasteiger partial charge on any atom is -0.512 e. The zero-order valence-electron chi connectivity index (χ0n) is 24.7. The number of hydrogen-bond acceptors (Lipinski definition) is 6. The van der Waals surface area contributed by atoms with E-state index in [2.05, 4.69) is 0 Å². The Morgan fingerprint density at radius 3 is 0.956 bits per heavy atom. The smallest absolute Gasteiger partial charge is 0.512 e. The Labute approximate surface area is 279 Å². The average molecular weight is 629 g/mol. The molecule has 45 heavy (non-hydrogen) atoms. The molecule has 1 saturated heterocycles. The number of aliphatic hydroxyl groups is 2. The van der Waals surface area contributed by atoms with Crippen LogP contribution in [0.4, 0.5) is 0 Å². The molecule has 7 heteroatoms. The second-order valence-electron chi connectivity index (χ2n) is 10.4. The Kier molecular flexibility index (Phi) is 12.2. The van der Waals surface area contributed by atoms with Gasteiger partial charge in [0, 0.05) is 5.56 Å². The van der Waals surface area contributed by atoms with Crippen molar-refractivity contribution in [2.75, 3.05) is 0 Å². The molecule has 5 aromatic rings. The van der Waals surface area contributed by atoms with Gasteiger partial charge in [0.1, 0.15) is 23.4 Å². The predicted molar refractivity (Wildman–Crippen MR) is 165 cm³/mol. The zero-order chi connectivity index (χ0) is 31.6. The molecule has 2 N–H and O–H groups in total. The van der Waals surface area contributed by atoms with Gasteiger partial charge in [0.2, 0.25) is 0 Å². The van der Waals surface area contributed by atoms with Gasteiger partial charge in [-0.15, -0.1) is 0 Å². The van der Waals surface area contributed by atoms with Crippen molar-refractivity contribution in [3.05, 3.63) is 193 Å². The van der Waals surface area contributed by atoms with Crippen molar-refractivity contribution in [3.8, 4) is 0 Å². The van der Waals surface area contributed by atoms with Gasteiger partial charge in [-0.3, -0.25) is 0 Å². The van der Waals surface area contributed by atoms with Crippen LogP contribution in [-0.4, -0.2) is 22.4 Å². The minimum atomic E-state index is -1.67. The second-order valence-corrected chi connectivity index (χ2v) is 10.4. The van der Waals surface area contributed by atoms with Gasteiger partial charge in [0.25, 0.3) is 0 Å². The standard InChI is InChI=1S/C36H32O4.2CN.Ti/c1-34(27-17-7-2-8-18-27)39-32(35(37,28-19-9-3-10-20-28)29-21-11-4-12-22-29)33(40-34)36(38,30-23-13-5-14-24-30)31-25-15-6-16-26-31;2*1-2;/h2-26,32-33,37-38H,1H3;;;/q;2*-1;+2/t32-,33-;;;/m1.../s1. The SMILES string of the molecule is CC1(c2ccccc2)O[C@@H](C(O)(c2ccccc2)c2ccccc2)[C@H](C(O)(c2ccccc2)c2ccccc2)O1.[C-]#N.[C-]#N.[Ti+2]. The zero-order valence-corrected chi connectivity index (χ0v) is 26.3. The number of rotatable bonds is 7. The Morgan fingerprint density at radius 1 is 0.489 bits per heavy atom. The van der Waals surface area contributed by atoms with Gasteiger partial charge in [-0.25, -0.2) is 0 Å². The molecule has 0 spiro atoms. The summed E-state index contributed by atoms with van der Waals surface area (Å²) in [6.07, 6.45) is -2.04. The van der Waals surface area contributed by atoms with Crippen LogP contribution in [0.1, 0.15) is 34.7 Å². The molecule has 1 aliphatic rings. The summed E-state index contributed by atoms with van der Waals surface area (Å²) < 4.78 is 13.8. The quantitative estimate of drug-likeness (QED) is 0.153. The molecule has 1 aliphatic heterocycles. The van der Waals surface area contributed by atoms with Crippen molar-refractivity contribution in [3.63, 3.8) is 0 Å². The van der Waals surface area contributed by atoms with E-state index in [1.807, 2.05) is 159 Å². The van der Waals surface area contributed by atoms with Crippen LogP contribution in [0.15, 0.2) is 152 Å². The number of benzene rings is 5. The van der Waals surface area contributed by atoms with Gasteiger partial charge >= 0.3 is 21.7 Å². The number of hydrogen-bond donors (Lipinski definition) is 2. The van der Waals surface area contributed by atoms with Crippen molar-refractivity contribution in [1.29, 1.82) is 10.5 Å². The molecule has 2 atom stereocenters. The van der Waals surface area contributed by atoms with Crippen molar-refractivity contribution in [1.82, 2.24) is 0 Å². The summed E-state index contributed by atoms with van der Waals surface area (Å²) in [6, 6.07) is 47.5. The van der Waals surface area contributed by atoms with E-state index < -0.39 is 29.2 Å². The summed E-state index contributed by atoms with van der Waals surface area (Å²) in [5.74, 6) is -1.26. The predicted octanol–water partition coefficient (Wildman–Crippen LogP) is 6.71. The number of nitrogens with zero attached hydrogens (tertiary/aromatic N) is 2. The molecule has 0 saturated carbocycles. The molecule has 0 aromatic heterocycles. The van der Waals surface area contributed by atoms with Gasteiger partial charge in [0.05, 0.1) is 0 Å². The fourth-order valence-corrected chi connectivity index (χ4v) is 5.88. The molecular formula is C38H32N2O4Ti. The monoisotopic (exact) mass is 628 g/mol. The molecule has 0 amide bonds. The molecule has 222 valence electrons. The van der Waals surface area contributed by atoms with Crippen LogP contribution in [0.25, 0.3) is 0 Å². The first-order valence-corrected chi connectivity index (χ1v) is 14.0. The van der Waals surface area contributed by atoms with E-state index in [9.17, 15) is 10.2 Å². The third-order valence-corrected chi connectivity index (χ3v) is 7.96. The maximum atomic E-state index is 12.9. The fraction of sp³-hybridized carbons (Fsp3) is 0.158. The largest absolute Gasteiger partial charge is 2.00 e. The van der Waals surface area contributed by atoms with E-state index in [1.165, 1.54) is 0 Å². The molecular weight excluding hydrogens is 596 g/mol. The van der Waals surface area contributed by atoms with Crippen molar-refractivity contribution in [2.24, 2.45) is 0 Å². The van der Waals surface area contributed by atoms with Gasteiger partial charge in [-0.2, -0.15) is 0 Å². The van der Waals surface area contributed by atoms with Crippen LogP contribution < -0.4 is 0 Å². The molecule has 1 heterocycles. The van der Waals surface area contributed by atoms with Crippen LogP contribution in [-0.2, 0) is 48.2 Å². The summed E-state index contributed by atoms with van der Waals surface area (Å²) in [4.78, 5) is 0. The van der Waals surface area contributed by atoms with Crippen LogP contribution in [0, 0.1) is 23.7 Å². The van der Waals surface area contributed by atoms with Crippen LogP contribution in [0.2, 0.25) is 0 Å². The number of ether oxygens (including phenoxy) is 2. The van der Waals surface area contributed by atoms with Crippen LogP contribution in [0.5, 0.6) is 0 Å². The van der Waals surface area contributed by atoms with Gasteiger partial charge in [0.15, 0.2) is 5.79 Å². The molecule has 5 aromatic carbocycles. The fourth-order valence-electron chi connectivity index (χ4n) is 5.88. The molecule has 0 radical (unpaired) electrons. The minimum absolute atomic E-state index is 0. The van der Waals surface area contributed by atoms with Crippen LogP contribution in [0.3, 0.4) is 0 Å². The van der Waals surface area contributed by atoms with Crippen molar-refractivity contribution >= 4 is 0 Å². The molecule has 1 fully saturated rings. The van der Waals surface area contributed by atoms with Crippen molar-refractivity contribution in [2.45, 2.75) is 36.1 Å². The summed E-state index contributed by atoms with van der Waals surface area (Å²) in [7, 11) is 0. The van der Waals surface area contributed by atoms with E-state index in [-0.39, 0.29) is 21.7 Å². The first-order chi connectivity index (χ1) is 21.5. The second kappa shape index (κ2) is 15.6. The molecule has 0 unspecified atom stereocenters. The Morgan fingerprint density at radius 2 is 0.711 bits per heavy atom. The topological polar surface area (TPSA) is 106 Å². The Bertz CT molecular complexity index is 1450. The van der Waals surface area contributed by atoms with Crippen LogP contribution >= 0.6 is 0 Å². The van der Waals surface area contributed by atoms with E-state index >= 15 is 0 Å².